The van der Waals surface area contributed by atoms with Crippen molar-refractivity contribution < 1.29 is 4.43 Å². The highest BCUT2D eigenvalue weighted by Gasteiger charge is 1.94. The zero-order valence-corrected chi connectivity index (χ0v) is 10.8. The summed E-state index contributed by atoms with van der Waals surface area (Å²) in [6.45, 7) is 6.46. The summed E-state index contributed by atoms with van der Waals surface area (Å²) in [6.07, 6.45) is 6.20. The number of benzene rings is 1. The molecule has 0 aliphatic heterocycles. The predicted octanol–water partition coefficient (Wildman–Crippen LogP) is 3.88. The van der Waals surface area contributed by atoms with Gasteiger partial charge in [-0.25, -0.2) is 0 Å². The largest absolute Gasteiger partial charge is 0.548 e. The molecule has 1 nitrogen and oxygen atoms in total. The lowest BCUT2D eigenvalue weighted by Crippen LogP contribution is -2.00. The van der Waals surface area contributed by atoms with E-state index in [-0.39, 0.29) is 0 Å². The molecule has 1 rings (SSSR count). The van der Waals surface area contributed by atoms with Crippen molar-refractivity contribution in [1.82, 2.24) is 0 Å². The molecule has 15 heavy (non-hydrogen) atoms. The standard InChI is InChI=1S/C13H19OSi/c1-4-6-12-7-5-8-13(11-12)9-10-14-15(2)3/h5,7-11H,4,6H2,1-3H3. The van der Waals surface area contributed by atoms with Crippen molar-refractivity contribution in [2.24, 2.45) is 0 Å². The molecule has 0 unspecified atom stereocenters. The number of aryl methyl sites for hydroxylation is 1. The van der Waals surface area contributed by atoms with Gasteiger partial charge in [-0.05, 0) is 36.7 Å². The van der Waals surface area contributed by atoms with Crippen LogP contribution in [0, 0.1) is 0 Å². The van der Waals surface area contributed by atoms with Crippen LogP contribution in [0.1, 0.15) is 24.5 Å². The first-order valence-electron chi connectivity index (χ1n) is 5.44. The Labute approximate surface area is 94.5 Å². The maximum Gasteiger partial charge on any atom is 0.273 e. The molecule has 0 spiro atoms. The molecule has 81 valence electrons. The number of rotatable bonds is 5. The van der Waals surface area contributed by atoms with E-state index in [1.807, 2.05) is 12.3 Å². The van der Waals surface area contributed by atoms with Crippen molar-refractivity contribution in [3.63, 3.8) is 0 Å². The Balaban J connectivity index is 2.60. The lowest BCUT2D eigenvalue weighted by molar-refractivity contribution is 0.505. The highest BCUT2D eigenvalue weighted by molar-refractivity contribution is 6.48. The second-order valence-corrected chi connectivity index (χ2v) is 5.88. The third-order valence-corrected chi connectivity index (χ3v) is 2.66. The Morgan fingerprint density at radius 1 is 1.33 bits per heavy atom. The van der Waals surface area contributed by atoms with Gasteiger partial charge in [0.05, 0.1) is 6.26 Å². The van der Waals surface area contributed by atoms with Crippen molar-refractivity contribution in [2.45, 2.75) is 32.9 Å². The van der Waals surface area contributed by atoms with E-state index in [1.54, 1.807) is 0 Å². The highest BCUT2D eigenvalue weighted by Crippen LogP contribution is 2.09. The van der Waals surface area contributed by atoms with Crippen LogP contribution in [0.25, 0.3) is 6.08 Å². The lowest BCUT2D eigenvalue weighted by atomic mass is 10.1. The molecule has 0 heterocycles. The number of hydrogen-bond donors (Lipinski definition) is 0. The Bertz CT molecular complexity index is 318. The molecule has 0 amide bonds. The first-order chi connectivity index (χ1) is 7.22. The van der Waals surface area contributed by atoms with Gasteiger partial charge >= 0.3 is 0 Å². The van der Waals surface area contributed by atoms with E-state index < -0.39 is 9.04 Å². The molecule has 2 heteroatoms. The van der Waals surface area contributed by atoms with Crippen LogP contribution >= 0.6 is 0 Å². The third-order valence-electron chi connectivity index (χ3n) is 2.05. The molecule has 0 aliphatic carbocycles. The second-order valence-electron chi connectivity index (χ2n) is 3.82. The third kappa shape index (κ3) is 4.84. The summed E-state index contributed by atoms with van der Waals surface area (Å²) in [5.74, 6) is 0. The van der Waals surface area contributed by atoms with Gasteiger partial charge in [0.15, 0.2) is 0 Å². The highest BCUT2D eigenvalue weighted by atomic mass is 28.3. The first-order valence-corrected chi connectivity index (χ1v) is 7.85. The fourth-order valence-electron chi connectivity index (χ4n) is 1.39. The summed E-state index contributed by atoms with van der Waals surface area (Å²) in [5, 5.41) is 0. The summed E-state index contributed by atoms with van der Waals surface area (Å²) in [5.41, 5.74) is 2.63. The minimum atomic E-state index is -0.611. The SMILES string of the molecule is CCCc1cccc(C=CO[Si](C)C)c1. The molecule has 0 saturated heterocycles. The van der Waals surface area contributed by atoms with Gasteiger partial charge in [0.2, 0.25) is 0 Å². The van der Waals surface area contributed by atoms with Crippen LogP contribution in [0.2, 0.25) is 13.1 Å². The predicted molar refractivity (Wildman–Crippen MR) is 68.0 cm³/mol. The van der Waals surface area contributed by atoms with E-state index in [2.05, 4.69) is 44.3 Å². The van der Waals surface area contributed by atoms with Crippen LogP contribution in [0.15, 0.2) is 30.5 Å². The average Bonchev–Trinajstić information content (AvgIpc) is 2.18. The molecule has 1 radical (unpaired) electrons. The lowest BCUT2D eigenvalue weighted by Gasteiger charge is -2.02. The van der Waals surface area contributed by atoms with E-state index in [0.717, 1.165) is 6.42 Å². The van der Waals surface area contributed by atoms with Crippen molar-refractivity contribution in [1.29, 1.82) is 0 Å². The smallest absolute Gasteiger partial charge is 0.273 e. The van der Waals surface area contributed by atoms with Gasteiger partial charge in [0, 0.05) is 0 Å². The Hall–Kier alpha value is -1.02. The molecule has 0 bridgehead atoms. The summed E-state index contributed by atoms with van der Waals surface area (Å²) < 4.78 is 5.47. The fourth-order valence-corrected chi connectivity index (χ4v) is 1.73. The normalized spacial score (nSPS) is 11.2. The molecule has 0 saturated carbocycles. The molecular weight excluding hydrogens is 200 g/mol. The summed E-state index contributed by atoms with van der Waals surface area (Å²) in [4.78, 5) is 0. The topological polar surface area (TPSA) is 9.23 Å². The van der Waals surface area contributed by atoms with Crippen LogP contribution in [0.5, 0.6) is 0 Å². The van der Waals surface area contributed by atoms with Gasteiger partial charge < -0.3 is 4.43 Å². The van der Waals surface area contributed by atoms with Crippen LogP contribution < -0.4 is 0 Å². The average molecular weight is 219 g/mol. The molecule has 0 atom stereocenters. The van der Waals surface area contributed by atoms with E-state index in [9.17, 15) is 0 Å². The van der Waals surface area contributed by atoms with Crippen molar-refractivity contribution >= 4 is 15.1 Å². The van der Waals surface area contributed by atoms with Gasteiger partial charge in [-0.3, -0.25) is 0 Å². The molecule has 0 N–H and O–H groups in total. The maximum absolute atomic E-state index is 5.47. The Kier molecular flexibility index (Phi) is 5.19. The summed E-state index contributed by atoms with van der Waals surface area (Å²) in [7, 11) is -0.611. The van der Waals surface area contributed by atoms with E-state index >= 15 is 0 Å². The maximum atomic E-state index is 5.47. The molecule has 1 aromatic carbocycles. The molecule has 0 fully saturated rings. The van der Waals surface area contributed by atoms with Gasteiger partial charge in [-0.1, -0.05) is 37.6 Å². The van der Waals surface area contributed by atoms with Gasteiger partial charge in [0.25, 0.3) is 9.04 Å². The monoisotopic (exact) mass is 219 g/mol. The van der Waals surface area contributed by atoms with E-state index in [1.165, 1.54) is 17.5 Å². The molecular formula is C13H19OSi. The Morgan fingerprint density at radius 2 is 2.13 bits per heavy atom. The second kappa shape index (κ2) is 6.46. The van der Waals surface area contributed by atoms with E-state index in [4.69, 9.17) is 4.43 Å². The van der Waals surface area contributed by atoms with Crippen LogP contribution in [-0.2, 0) is 10.8 Å². The quantitative estimate of drug-likeness (QED) is 0.539. The summed E-state index contributed by atoms with van der Waals surface area (Å²) >= 11 is 0. The van der Waals surface area contributed by atoms with E-state index in [0.29, 0.717) is 0 Å². The van der Waals surface area contributed by atoms with Crippen LogP contribution in [0.3, 0.4) is 0 Å². The summed E-state index contributed by atoms with van der Waals surface area (Å²) in [6, 6.07) is 8.61. The number of hydrogen-bond acceptors (Lipinski definition) is 1. The zero-order valence-electron chi connectivity index (χ0n) is 9.79. The van der Waals surface area contributed by atoms with Gasteiger partial charge in [0.1, 0.15) is 0 Å². The fraction of sp³-hybridized carbons (Fsp3) is 0.385. The van der Waals surface area contributed by atoms with Crippen LogP contribution in [0.4, 0.5) is 0 Å². The zero-order chi connectivity index (χ0) is 11.1. The molecule has 0 aromatic heterocycles. The molecule has 1 aromatic rings. The minimum absolute atomic E-state index is 0.611. The van der Waals surface area contributed by atoms with Crippen molar-refractivity contribution in [3.8, 4) is 0 Å². The van der Waals surface area contributed by atoms with Gasteiger partial charge in [-0.2, -0.15) is 0 Å². The van der Waals surface area contributed by atoms with Crippen molar-refractivity contribution in [3.05, 3.63) is 41.7 Å². The first kappa shape index (κ1) is 12.0. The van der Waals surface area contributed by atoms with Crippen LogP contribution in [-0.4, -0.2) is 9.04 Å². The minimum Gasteiger partial charge on any atom is -0.548 e. The van der Waals surface area contributed by atoms with Crippen molar-refractivity contribution in [2.75, 3.05) is 0 Å². The molecule has 0 aliphatic rings. The van der Waals surface area contributed by atoms with Gasteiger partial charge in [-0.15, -0.1) is 0 Å². The Morgan fingerprint density at radius 3 is 2.80 bits per heavy atom.